The number of benzene rings is 2. The zero-order chi connectivity index (χ0) is 16.1. The van der Waals surface area contributed by atoms with Gasteiger partial charge in [0.25, 0.3) is 0 Å². The Morgan fingerprint density at radius 2 is 1.33 bits per heavy atom. The van der Waals surface area contributed by atoms with Crippen molar-refractivity contribution in [3.05, 3.63) is 70.3 Å². The van der Waals surface area contributed by atoms with Gasteiger partial charge in [-0.3, -0.25) is 10.1 Å². The third-order valence-corrected chi connectivity index (χ3v) is 2.60. The van der Waals surface area contributed by atoms with Crippen molar-refractivity contribution in [3.8, 4) is 11.1 Å². The van der Waals surface area contributed by atoms with Gasteiger partial charge in [-0.1, -0.05) is 81.8 Å². The van der Waals surface area contributed by atoms with Gasteiger partial charge in [-0.15, -0.1) is 0 Å². The maximum atomic E-state index is 8.81. The first kappa shape index (κ1) is 18.8. The molecule has 0 radical (unpaired) electrons. The van der Waals surface area contributed by atoms with Gasteiger partial charge in [-0.05, 0) is 23.1 Å². The van der Waals surface area contributed by atoms with E-state index < -0.39 is 4.92 Å². The van der Waals surface area contributed by atoms with E-state index in [1.807, 2.05) is 13.8 Å². The molecule has 0 bridgehead atoms. The van der Waals surface area contributed by atoms with Crippen molar-refractivity contribution in [2.24, 2.45) is 0 Å². The molecular weight excluding hydrogens is 262 g/mol. The Labute approximate surface area is 127 Å². The molecule has 0 heterocycles. The fraction of sp³-hybridized carbons (Fsp3) is 0.333. The minimum absolute atomic E-state index is 0.500. The molecule has 0 saturated heterocycles. The Kier molecular flexibility index (Phi) is 10.5. The third kappa shape index (κ3) is 8.58. The average Bonchev–Trinajstić information content (AvgIpc) is 2.51. The Balaban J connectivity index is 0.000000579. The molecule has 0 aliphatic carbocycles. The first-order valence-electron chi connectivity index (χ1n) is 7.36. The molecule has 2 rings (SSSR count). The molecule has 0 N–H and O–H groups in total. The second-order valence-corrected chi connectivity index (χ2v) is 4.25. The molecule has 3 heteroatoms. The second-order valence-electron chi connectivity index (χ2n) is 4.25. The summed E-state index contributed by atoms with van der Waals surface area (Å²) in [5.74, 6) is 0. The number of nitro groups is 1. The largest absolute Gasteiger partial charge is 0.265 e. The van der Waals surface area contributed by atoms with Crippen LogP contribution in [0.5, 0.6) is 0 Å². The van der Waals surface area contributed by atoms with Crippen LogP contribution < -0.4 is 0 Å². The minimum Gasteiger partial charge on any atom is -0.265 e. The van der Waals surface area contributed by atoms with Gasteiger partial charge in [0.1, 0.15) is 0 Å². The summed E-state index contributed by atoms with van der Waals surface area (Å²) in [6.45, 7) is 6.21. The highest BCUT2D eigenvalue weighted by molar-refractivity contribution is 5.63. The van der Waals surface area contributed by atoms with Gasteiger partial charge in [-0.2, -0.15) is 0 Å². The van der Waals surface area contributed by atoms with Crippen LogP contribution in [0.1, 0.15) is 32.8 Å². The highest BCUT2D eigenvalue weighted by atomic mass is 16.6. The van der Waals surface area contributed by atoms with Crippen LogP contribution in [0.2, 0.25) is 0 Å². The first-order chi connectivity index (χ1) is 10.1. The van der Waals surface area contributed by atoms with E-state index >= 15 is 0 Å². The van der Waals surface area contributed by atoms with Crippen molar-refractivity contribution in [1.82, 2.24) is 0 Å². The van der Waals surface area contributed by atoms with Gasteiger partial charge in [0.15, 0.2) is 7.05 Å². The molecule has 0 atom stereocenters. The van der Waals surface area contributed by atoms with Gasteiger partial charge in [0, 0.05) is 4.92 Å². The normalized spacial score (nSPS) is 8.76. The summed E-state index contributed by atoms with van der Waals surface area (Å²) in [5, 5.41) is 8.81. The number of hydrogen-bond donors (Lipinski definition) is 0. The lowest BCUT2D eigenvalue weighted by Crippen LogP contribution is -1.83. The van der Waals surface area contributed by atoms with Gasteiger partial charge in [0.05, 0.1) is 0 Å². The molecule has 0 spiro atoms. The molecule has 0 saturated carbocycles. The topological polar surface area (TPSA) is 43.1 Å². The van der Waals surface area contributed by atoms with Crippen molar-refractivity contribution in [2.45, 2.75) is 33.6 Å². The summed E-state index contributed by atoms with van der Waals surface area (Å²) in [6.07, 6.45) is 2.39. The summed E-state index contributed by atoms with van der Waals surface area (Å²) in [7, 11) is 0.889. The van der Waals surface area contributed by atoms with Crippen LogP contribution in [-0.4, -0.2) is 12.0 Å². The number of aryl methyl sites for hydroxylation is 1. The lowest BCUT2D eigenvalue weighted by Gasteiger charge is -2.03. The molecule has 2 aromatic rings. The van der Waals surface area contributed by atoms with Crippen LogP contribution in [-0.2, 0) is 6.42 Å². The second kappa shape index (κ2) is 11.6. The lowest BCUT2D eigenvalue weighted by molar-refractivity contribution is -0.445. The van der Waals surface area contributed by atoms with E-state index in [0.717, 1.165) is 7.05 Å². The molecule has 0 fully saturated rings. The number of rotatable bonds is 3. The molecule has 0 amide bonds. The van der Waals surface area contributed by atoms with Crippen LogP contribution in [0.25, 0.3) is 11.1 Å². The SMILES string of the molecule is CC.CCCc1ccc(-c2ccccc2)cc1.C[N+](=O)[O-]. The number of hydrogen-bond acceptors (Lipinski definition) is 2. The summed E-state index contributed by atoms with van der Waals surface area (Å²) >= 11 is 0. The van der Waals surface area contributed by atoms with Crippen LogP contribution in [0.15, 0.2) is 54.6 Å². The maximum absolute atomic E-state index is 8.81. The van der Waals surface area contributed by atoms with Crippen LogP contribution in [0, 0.1) is 10.1 Å². The molecule has 114 valence electrons. The highest BCUT2D eigenvalue weighted by Crippen LogP contribution is 2.19. The molecule has 0 aromatic heterocycles. The van der Waals surface area contributed by atoms with Crippen LogP contribution in [0.4, 0.5) is 0 Å². The van der Waals surface area contributed by atoms with Crippen molar-refractivity contribution in [2.75, 3.05) is 7.05 Å². The van der Waals surface area contributed by atoms with E-state index in [4.69, 9.17) is 10.1 Å². The highest BCUT2D eigenvalue weighted by Gasteiger charge is 1.96. The monoisotopic (exact) mass is 287 g/mol. The zero-order valence-electron chi connectivity index (χ0n) is 13.4. The van der Waals surface area contributed by atoms with Crippen LogP contribution in [0.3, 0.4) is 0 Å². The molecular formula is C18H25NO2. The van der Waals surface area contributed by atoms with Crippen LogP contribution >= 0.6 is 0 Å². The van der Waals surface area contributed by atoms with Crippen molar-refractivity contribution in [1.29, 1.82) is 0 Å². The fourth-order valence-electron chi connectivity index (χ4n) is 1.78. The zero-order valence-corrected chi connectivity index (χ0v) is 13.4. The Hall–Kier alpha value is -2.16. The van der Waals surface area contributed by atoms with Gasteiger partial charge in [-0.25, -0.2) is 0 Å². The summed E-state index contributed by atoms with van der Waals surface area (Å²) in [5.41, 5.74) is 4.02. The van der Waals surface area contributed by atoms with Crippen molar-refractivity contribution < 1.29 is 4.92 Å². The predicted octanol–water partition coefficient (Wildman–Crippen LogP) is 5.23. The molecule has 0 aliphatic heterocycles. The van der Waals surface area contributed by atoms with E-state index in [2.05, 4.69) is 61.5 Å². The van der Waals surface area contributed by atoms with Gasteiger partial charge < -0.3 is 0 Å². The molecule has 3 nitrogen and oxygen atoms in total. The van der Waals surface area contributed by atoms with Gasteiger partial charge in [0.2, 0.25) is 0 Å². The van der Waals surface area contributed by atoms with Crippen molar-refractivity contribution >= 4 is 0 Å². The summed E-state index contributed by atoms with van der Waals surface area (Å²) in [4.78, 5) is 8.31. The molecule has 21 heavy (non-hydrogen) atoms. The molecule has 0 aliphatic rings. The van der Waals surface area contributed by atoms with E-state index in [0.29, 0.717) is 0 Å². The Bertz CT molecular complexity index is 488. The molecule has 0 unspecified atom stereocenters. The minimum atomic E-state index is -0.500. The average molecular weight is 287 g/mol. The smallest absolute Gasteiger partial charge is 0.194 e. The standard InChI is InChI=1S/C15H16.C2H6.CH3NO2/c1-2-6-13-9-11-15(12-10-13)14-7-4-3-5-8-14;1-2;1-2(3)4/h3-5,7-12H,2,6H2,1H3;1-2H3;1H3. The third-order valence-electron chi connectivity index (χ3n) is 2.60. The number of nitrogens with zero attached hydrogens (tertiary/aromatic N) is 1. The lowest BCUT2D eigenvalue weighted by atomic mass is 10.0. The maximum Gasteiger partial charge on any atom is 0.194 e. The first-order valence-corrected chi connectivity index (χ1v) is 7.36. The van der Waals surface area contributed by atoms with E-state index in [9.17, 15) is 0 Å². The Morgan fingerprint density at radius 1 is 0.905 bits per heavy atom. The predicted molar refractivity (Wildman–Crippen MR) is 90.1 cm³/mol. The van der Waals surface area contributed by atoms with E-state index in [1.54, 1.807) is 0 Å². The quantitative estimate of drug-likeness (QED) is 0.573. The summed E-state index contributed by atoms with van der Waals surface area (Å²) in [6, 6.07) is 19.4. The molecule has 2 aromatic carbocycles. The summed E-state index contributed by atoms with van der Waals surface area (Å²) < 4.78 is 0. The fourth-order valence-corrected chi connectivity index (χ4v) is 1.78. The van der Waals surface area contributed by atoms with Gasteiger partial charge >= 0.3 is 0 Å². The van der Waals surface area contributed by atoms with E-state index in [-0.39, 0.29) is 0 Å². The van der Waals surface area contributed by atoms with E-state index in [1.165, 1.54) is 29.5 Å². The Morgan fingerprint density at radius 3 is 1.76 bits per heavy atom. The van der Waals surface area contributed by atoms with Crippen molar-refractivity contribution in [3.63, 3.8) is 0 Å².